The molecule has 0 atom stereocenters. The smallest absolute Gasteiger partial charge is 0.278 e. The van der Waals surface area contributed by atoms with Crippen LogP contribution in [-0.4, -0.2) is 51.9 Å². The number of carbonyl (C=O) groups is 1. The van der Waals surface area contributed by atoms with Crippen molar-refractivity contribution in [1.29, 1.82) is 0 Å². The molecule has 1 amide bonds. The quantitative estimate of drug-likeness (QED) is 0.841. The summed E-state index contributed by atoms with van der Waals surface area (Å²) >= 11 is 0. The van der Waals surface area contributed by atoms with Gasteiger partial charge in [-0.3, -0.25) is 4.79 Å². The highest BCUT2D eigenvalue weighted by Crippen LogP contribution is 2.19. The molecule has 6 nitrogen and oxygen atoms in total. The van der Waals surface area contributed by atoms with E-state index in [1.165, 1.54) is 10.9 Å². The Hall–Kier alpha value is -2.34. The molecular formula is C14H16N4O2. The summed E-state index contributed by atoms with van der Waals surface area (Å²) in [4.78, 5) is 14.0. The fraction of sp³-hybridized carbons (Fsp3) is 0.286. The Kier molecular flexibility index (Phi) is 3.39. The van der Waals surface area contributed by atoms with Gasteiger partial charge in [0.1, 0.15) is 0 Å². The number of amides is 1. The van der Waals surface area contributed by atoms with Crippen LogP contribution in [0.25, 0.3) is 5.69 Å². The third kappa shape index (κ3) is 2.37. The molecule has 1 aromatic heterocycles. The van der Waals surface area contributed by atoms with Crippen molar-refractivity contribution in [2.75, 3.05) is 26.2 Å². The van der Waals surface area contributed by atoms with E-state index in [9.17, 15) is 9.90 Å². The van der Waals surface area contributed by atoms with E-state index >= 15 is 0 Å². The summed E-state index contributed by atoms with van der Waals surface area (Å²) in [5, 5.41) is 17.3. The minimum atomic E-state index is -0.223. The van der Waals surface area contributed by atoms with Crippen LogP contribution in [0.5, 0.6) is 5.75 Å². The molecule has 1 aliphatic rings. The standard InChI is InChI=1S/C14H16N4O2/c19-12-10-18(11-4-2-1-3-5-11)16-13(12)14(20)17-8-6-15-7-9-17/h1-5,10,15,19H,6-9H2. The molecule has 2 aromatic rings. The van der Waals surface area contributed by atoms with Crippen molar-refractivity contribution in [1.82, 2.24) is 20.0 Å². The van der Waals surface area contributed by atoms with Gasteiger partial charge in [0.25, 0.3) is 5.91 Å². The molecule has 2 N–H and O–H groups in total. The van der Waals surface area contributed by atoms with Crippen molar-refractivity contribution in [3.05, 3.63) is 42.2 Å². The van der Waals surface area contributed by atoms with Crippen molar-refractivity contribution in [2.24, 2.45) is 0 Å². The van der Waals surface area contributed by atoms with Gasteiger partial charge in [0.05, 0.1) is 11.9 Å². The van der Waals surface area contributed by atoms with Crippen LogP contribution in [0.15, 0.2) is 36.5 Å². The van der Waals surface area contributed by atoms with Gasteiger partial charge < -0.3 is 15.3 Å². The van der Waals surface area contributed by atoms with Crippen molar-refractivity contribution in [3.63, 3.8) is 0 Å². The summed E-state index contributed by atoms with van der Waals surface area (Å²) < 4.78 is 1.52. The van der Waals surface area contributed by atoms with Crippen LogP contribution >= 0.6 is 0 Å². The van der Waals surface area contributed by atoms with Gasteiger partial charge in [-0.25, -0.2) is 4.68 Å². The molecule has 0 bridgehead atoms. The van der Waals surface area contributed by atoms with E-state index in [0.717, 1.165) is 18.8 Å². The Balaban J connectivity index is 1.87. The molecule has 6 heteroatoms. The van der Waals surface area contributed by atoms with Gasteiger partial charge in [0, 0.05) is 26.2 Å². The number of rotatable bonds is 2. The highest BCUT2D eigenvalue weighted by atomic mass is 16.3. The van der Waals surface area contributed by atoms with Crippen LogP contribution in [0.2, 0.25) is 0 Å². The van der Waals surface area contributed by atoms with Crippen molar-refractivity contribution in [2.45, 2.75) is 0 Å². The molecule has 0 radical (unpaired) electrons. The predicted octanol–water partition coefficient (Wildman–Crippen LogP) is 0.623. The first-order chi connectivity index (χ1) is 9.75. The summed E-state index contributed by atoms with van der Waals surface area (Å²) in [6, 6.07) is 9.40. The Morgan fingerprint density at radius 2 is 1.90 bits per heavy atom. The molecule has 1 fully saturated rings. The van der Waals surface area contributed by atoms with Gasteiger partial charge in [-0.1, -0.05) is 18.2 Å². The first kappa shape index (κ1) is 12.7. The van der Waals surface area contributed by atoms with E-state index in [1.807, 2.05) is 30.3 Å². The maximum Gasteiger partial charge on any atom is 0.278 e. The second-order valence-corrected chi connectivity index (χ2v) is 4.69. The third-order valence-electron chi connectivity index (χ3n) is 3.32. The van der Waals surface area contributed by atoms with E-state index in [2.05, 4.69) is 10.4 Å². The van der Waals surface area contributed by atoms with E-state index in [1.54, 1.807) is 4.90 Å². The fourth-order valence-electron chi connectivity index (χ4n) is 2.25. The van der Waals surface area contributed by atoms with Crippen molar-refractivity contribution < 1.29 is 9.90 Å². The average molecular weight is 272 g/mol. The first-order valence-electron chi connectivity index (χ1n) is 6.60. The number of nitrogens with one attached hydrogen (secondary N) is 1. The summed E-state index contributed by atoms with van der Waals surface area (Å²) in [5.41, 5.74) is 0.915. The Morgan fingerprint density at radius 3 is 2.60 bits per heavy atom. The van der Waals surface area contributed by atoms with E-state index in [-0.39, 0.29) is 17.4 Å². The van der Waals surface area contributed by atoms with Crippen LogP contribution in [0.1, 0.15) is 10.5 Å². The molecule has 2 heterocycles. The number of aromatic hydroxyl groups is 1. The zero-order chi connectivity index (χ0) is 13.9. The second-order valence-electron chi connectivity index (χ2n) is 4.69. The highest BCUT2D eigenvalue weighted by molar-refractivity contribution is 5.94. The minimum absolute atomic E-state index is 0.0858. The van der Waals surface area contributed by atoms with E-state index in [4.69, 9.17) is 0 Å². The van der Waals surface area contributed by atoms with Crippen molar-refractivity contribution >= 4 is 5.91 Å². The van der Waals surface area contributed by atoms with Crippen LogP contribution in [0.3, 0.4) is 0 Å². The van der Waals surface area contributed by atoms with Crippen LogP contribution < -0.4 is 5.32 Å². The molecule has 3 rings (SSSR count). The molecule has 1 saturated heterocycles. The molecule has 0 saturated carbocycles. The topological polar surface area (TPSA) is 70.4 Å². The number of hydrogen-bond donors (Lipinski definition) is 2. The lowest BCUT2D eigenvalue weighted by Crippen LogP contribution is -2.46. The fourth-order valence-corrected chi connectivity index (χ4v) is 2.25. The van der Waals surface area contributed by atoms with Crippen LogP contribution in [0, 0.1) is 0 Å². The van der Waals surface area contributed by atoms with Gasteiger partial charge in [0.2, 0.25) is 0 Å². The van der Waals surface area contributed by atoms with Gasteiger partial charge in [0.15, 0.2) is 11.4 Å². The van der Waals surface area contributed by atoms with Crippen molar-refractivity contribution in [3.8, 4) is 11.4 Å². The summed E-state index contributed by atoms with van der Waals surface area (Å²) in [6.45, 7) is 2.81. The van der Waals surface area contributed by atoms with E-state index < -0.39 is 0 Å². The summed E-state index contributed by atoms with van der Waals surface area (Å²) in [7, 11) is 0. The van der Waals surface area contributed by atoms with Gasteiger partial charge in [-0.05, 0) is 12.1 Å². The Bertz CT molecular complexity index is 603. The lowest BCUT2D eigenvalue weighted by Gasteiger charge is -2.26. The molecule has 0 spiro atoms. The Labute approximate surface area is 116 Å². The molecule has 0 unspecified atom stereocenters. The first-order valence-corrected chi connectivity index (χ1v) is 6.60. The SMILES string of the molecule is O=C(c1nn(-c2ccccc2)cc1O)N1CCNCC1. The molecule has 1 aromatic carbocycles. The monoisotopic (exact) mass is 272 g/mol. The maximum absolute atomic E-state index is 12.3. The number of carbonyl (C=O) groups excluding carboxylic acids is 1. The number of piperazine rings is 1. The lowest BCUT2D eigenvalue weighted by molar-refractivity contribution is 0.0726. The third-order valence-corrected chi connectivity index (χ3v) is 3.32. The predicted molar refractivity (Wildman–Crippen MR) is 74.0 cm³/mol. The molecule has 20 heavy (non-hydrogen) atoms. The zero-order valence-electron chi connectivity index (χ0n) is 11.0. The number of para-hydroxylation sites is 1. The summed E-state index contributed by atoms with van der Waals surface area (Å²) in [6.07, 6.45) is 1.46. The average Bonchev–Trinajstić information content (AvgIpc) is 2.90. The van der Waals surface area contributed by atoms with E-state index in [0.29, 0.717) is 13.1 Å². The maximum atomic E-state index is 12.3. The molecule has 104 valence electrons. The van der Waals surface area contributed by atoms with Crippen LogP contribution in [-0.2, 0) is 0 Å². The number of nitrogens with zero attached hydrogens (tertiary/aromatic N) is 3. The van der Waals surface area contributed by atoms with Gasteiger partial charge in [-0.2, -0.15) is 5.10 Å². The largest absolute Gasteiger partial charge is 0.504 e. The highest BCUT2D eigenvalue weighted by Gasteiger charge is 2.24. The number of hydrogen-bond acceptors (Lipinski definition) is 4. The summed E-state index contributed by atoms with van der Waals surface area (Å²) in [5.74, 6) is -0.309. The molecule has 0 aliphatic carbocycles. The number of benzene rings is 1. The van der Waals surface area contributed by atoms with Crippen LogP contribution in [0.4, 0.5) is 0 Å². The second kappa shape index (κ2) is 5.34. The zero-order valence-corrected chi connectivity index (χ0v) is 11.0. The number of aromatic nitrogens is 2. The normalized spacial score (nSPS) is 15.3. The Morgan fingerprint density at radius 1 is 1.20 bits per heavy atom. The lowest BCUT2D eigenvalue weighted by atomic mass is 10.3. The minimum Gasteiger partial charge on any atom is -0.504 e. The van der Waals surface area contributed by atoms with Gasteiger partial charge in [-0.15, -0.1) is 0 Å². The van der Waals surface area contributed by atoms with Gasteiger partial charge >= 0.3 is 0 Å². The molecular weight excluding hydrogens is 256 g/mol. The molecule has 1 aliphatic heterocycles.